The summed E-state index contributed by atoms with van der Waals surface area (Å²) in [5.41, 5.74) is 1.38. The Balaban J connectivity index is 2.36. The highest BCUT2D eigenvalue weighted by Gasteiger charge is 2.08. The SMILES string of the molecule is CCNC(=O)CCn1ccc(CNC(C)(C)C)c1. The lowest BCUT2D eigenvalue weighted by atomic mass is 10.1. The second kappa shape index (κ2) is 6.59. The molecular formula is C14H25N3O. The van der Waals surface area contributed by atoms with Crippen LogP contribution in [0.2, 0.25) is 0 Å². The van der Waals surface area contributed by atoms with Gasteiger partial charge in [0, 0.05) is 44.0 Å². The number of nitrogens with one attached hydrogen (secondary N) is 2. The summed E-state index contributed by atoms with van der Waals surface area (Å²) in [5, 5.41) is 6.25. The van der Waals surface area contributed by atoms with Crippen LogP contribution in [0.1, 0.15) is 39.7 Å². The molecule has 4 nitrogen and oxygen atoms in total. The molecule has 1 amide bonds. The Bertz CT molecular complexity index is 377. The molecule has 0 unspecified atom stereocenters. The van der Waals surface area contributed by atoms with E-state index in [4.69, 9.17) is 0 Å². The molecule has 0 radical (unpaired) electrons. The highest BCUT2D eigenvalue weighted by atomic mass is 16.1. The van der Waals surface area contributed by atoms with E-state index in [1.165, 1.54) is 5.56 Å². The van der Waals surface area contributed by atoms with Gasteiger partial charge in [0.25, 0.3) is 0 Å². The molecule has 0 spiro atoms. The number of carbonyl (C=O) groups is 1. The fraction of sp³-hybridized carbons (Fsp3) is 0.643. The third-order valence-corrected chi connectivity index (χ3v) is 2.61. The molecule has 102 valence electrons. The highest BCUT2D eigenvalue weighted by Crippen LogP contribution is 2.06. The minimum absolute atomic E-state index is 0.112. The summed E-state index contributed by atoms with van der Waals surface area (Å²) >= 11 is 0. The molecule has 1 aromatic heterocycles. The van der Waals surface area contributed by atoms with E-state index in [0.717, 1.165) is 13.1 Å². The topological polar surface area (TPSA) is 46.1 Å². The molecule has 0 aliphatic carbocycles. The van der Waals surface area contributed by atoms with Crippen LogP contribution < -0.4 is 10.6 Å². The molecule has 4 heteroatoms. The Kier molecular flexibility index (Phi) is 5.41. The molecular weight excluding hydrogens is 226 g/mol. The van der Waals surface area contributed by atoms with E-state index in [1.807, 2.05) is 13.1 Å². The van der Waals surface area contributed by atoms with E-state index in [9.17, 15) is 4.79 Å². The maximum atomic E-state index is 11.3. The van der Waals surface area contributed by atoms with Gasteiger partial charge in [0.2, 0.25) is 5.91 Å². The van der Waals surface area contributed by atoms with Gasteiger partial charge in [0.15, 0.2) is 0 Å². The maximum absolute atomic E-state index is 11.3. The lowest BCUT2D eigenvalue weighted by Gasteiger charge is -2.19. The second-order valence-electron chi connectivity index (χ2n) is 5.56. The van der Waals surface area contributed by atoms with Gasteiger partial charge >= 0.3 is 0 Å². The minimum atomic E-state index is 0.112. The first-order valence-corrected chi connectivity index (χ1v) is 6.57. The van der Waals surface area contributed by atoms with Crippen molar-refractivity contribution >= 4 is 5.91 Å². The largest absolute Gasteiger partial charge is 0.356 e. The Morgan fingerprint density at radius 2 is 2.11 bits per heavy atom. The van der Waals surface area contributed by atoms with Gasteiger partial charge in [-0.2, -0.15) is 0 Å². The van der Waals surface area contributed by atoms with Crippen LogP contribution in [0.25, 0.3) is 0 Å². The number of aryl methyl sites for hydroxylation is 1. The zero-order chi connectivity index (χ0) is 13.6. The normalized spacial score (nSPS) is 11.6. The van der Waals surface area contributed by atoms with E-state index < -0.39 is 0 Å². The Hall–Kier alpha value is -1.29. The van der Waals surface area contributed by atoms with Gasteiger partial charge in [-0.05, 0) is 39.3 Å². The Labute approximate surface area is 110 Å². The number of hydrogen-bond donors (Lipinski definition) is 2. The monoisotopic (exact) mass is 251 g/mol. The zero-order valence-electron chi connectivity index (χ0n) is 11.9. The summed E-state index contributed by atoms with van der Waals surface area (Å²) in [4.78, 5) is 11.3. The lowest BCUT2D eigenvalue weighted by molar-refractivity contribution is -0.121. The Morgan fingerprint density at radius 1 is 1.39 bits per heavy atom. The lowest BCUT2D eigenvalue weighted by Crippen LogP contribution is -2.34. The number of carbonyl (C=O) groups excluding carboxylic acids is 1. The predicted molar refractivity (Wildman–Crippen MR) is 74.3 cm³/mol. The van der Waals surface area contributed by atoms with Gasteiger partial charge in [0.1, 0.15) is 0 Å². The molecule has 1 rings (SSSR count). The first kappa shape index (κ1) is 14.8. The van der Waals surface area contributed by atoms with Crippen molar-refractivity contribution in [3.8, 4) is 0 Å². The molecule has 18 heavy (non-hydrogen) atoms. The van der Waals surface area contributed by atoms with Crippen LogP contribution in [0, 0.1) is 0 Å². The quantitative estimate of drug-likeness (QED) is 0.811. The number of aromatic nitrogens is 1. The summed E-state index contributed by atoms with van der Waals surface area (Å²) in [5.74, 6) is 0.112. The van der Waals surface area contributed by atoms with Gasteiger partial charge in [-0.15, -0.1) is 0 Å². The van der Waals surface area contributed by atoms with Gasteiger partial charge in [-0.3, -0.25) is 4.79 Å². The van der Waals surface area contributed by atoms with E-state index in [2.05, 4.69) is 48.2 Å². The van der Waals surface area contributed by atoms with Gasteiger partial charge in [-0.1, -0.05) is 0 Å². The van der Waals surface area contributed by atoms with Crippen LogP contribution >= 0.6 is 0 Å². The molecule has 0 aliphatic rings. The van der Waals surface area contributed by atoms with Crippen LogP contribution in [-0.4, -0.2) is 22.6 Å². The molecule has 0 bridgehead atoms. The van der Waals surface area contributed by atoms with Crippen molar-refractivity contribution in [2.45, 2.75) is 52.7 Å². The van der Waals surface area contributed by atoms with Crippen LogP contribution in [0.3, 0.4) is 0 Å². The molecule has 0 saturated heterocycles. The molecule has 0 fully saturated rings. The van der Waals surface area contributed by atoms with Crippen LogP contribution in [0.4, 0.5) is 0 Å². The van der Waals surface area contributed by atoms with Crippen LogP contribution in [0.15, 0.2) is 18.5 Å². The molecule has 0 atom stereocenters. The van der Waals surface area contributed by atoms with Crippen molar-refractivity contribution in [1.29, 1.82) is 0 Å². The van der Waals surface area contributed by atoms with E-state index in [-0.39, 0.29) is 11.4 Å². The summed E-state index contributed by atoms with van der Waals surface area (Å²) < 4.78 is 2.06. The molecule has 1 aromatic rings. The molecule has 2 N–H and O–H groups in total. The summed E-state index contributed by atoms with van der Waals surface area (Å²) in [6.07, 6.45) is 4.66. The van der Waals surface area contributed by atoms with Crippen molar-refractivity contribution in [2.24, 2.45) is 0 Å². The zero-order valence-corrected chi connectivity index (χ0v) is 11.9. The standard InChI is InChI=1S/C14H25N3O/c1-5-15-13(18)7-9-17-8-6-12(11-17)10-16-14(2,3)4/h6,8,11,16H,5,7,9-10H2,1-4H3,(H,15,18). The number of hydrogen-bond acceptors (Lipinski definition) is 2. The van der Waals surface area contributed by atoms with Crippen molar-refractivity contribution < 1.29 is 4.79 Å². The molecule has 0 aliphatic heterocycles. The number of rotatable bonds is 6. The third-order valence-electron chi connectivity index (χ3n) is 2.61. The van der Waals surface area contributed by atoms with Crippen molar-refractivity contribution in [3.05, 3.63) is 24.0 Å². The number of amides is 1. The van der Waals surface area contributed by atoms with Crippen molar-refractivity contribution in [1.82, 2.24) is 15.2 Å². The predicted octanol–water partition coefficient (Wildman–Crippen LogP) is 1.90. The van der Waals surface area contributed by atoms with Crippen molar-refractivity contribution in [3.63, 3.8) is 0 Å². The highest BCUT2D eigenvalue weighted by molar-refractivity contribution is 5.75. The first-order valence-electron chi connectivity index (χ1n) is 6.57. The summed E-state index contributed by atoms with van der Waals surface area (Å²) in [7, 11) is 0. The minimum Gasteiger partial charge on any atom is -0.356 e. The average molecular weight is 251 g/mol. The maximum Gasteiger partial charge on any atom is 0.221 e. The Morgan fingerprint density at radius 3 is 2.72 bits per heavy atom. The van der Waals surface area contributed by atoms with Crippen molar-refractivity contribution in [2.75, 3.05) is 6.54 Å². The average Bonchev–Trinajstić information content (AvgIpc) is 2.71. The van der Waals surface area contributed by atoms with Crippen LogP contribution in [0.5, 0.6) is 0 Å². The smallest absolute Gasteiger partial charge is 0.221 e. The fourth-order valence-corrected chi connectivity index (χ4v) is 1.62. The first-order chi connectivity index (χ1) is 8.40. The molecule has 0 aromatic carbocycles. The molecule has 1 heterocycles. The fourth-order valence-electron chi connectivity index (χ4n) is 1.62. The summed E-state index contributed by atoms with van der Waals surface area (Å²) in [6, 6.07) is 2.09. The second-order valence-corrected chi connectivity index (χ2v) is 5.56. The van der Waals surface area contributed by atoms with Gasteiger partial charge in [0.05, 0.1) is 0 Å². The number of nitrogens with zero attached hydrogens (tertiary/aromatic N) is 1. The summed E-state index contributed by atoms with van der Waals surface area (Å²) in [6.45, 7) is 10.7. The van der Waals surface area contributed by atoms with E-state index in [1.54, 1.807) is 0 Å². The van der Waals surface area contributed by atoms with Gasteiger partial charge in [-0.25, -0.2) is 0 Å². The molecule has 0 saturated carbocycles. The van der Waals surface area contributed by atoms with E-state index >= 15 is 0 Å². The van der Waals surface area contributed by atoms with Gasteiger partial charge < -0.3 is 15.2 Å². The van der Waals surface area contributed by atoms with E-state index in [0.29, 0.717) is 13.0 Å². The van der Waals surface area contributed by atoms with Crippen LogP contribution in [-0.2, 0) is 17.9 Å². The third kappa shape index (κ3) is 5.87.